The van der Waals surface area contributed by atoms with Crippen molar-refractivity contribution >= 4 is 17.9 Å². The van der Waals surface area contributed by atoms with Crippen LogP contribution in [0.5, 0.6) is 0 Å². The van der Waals surface area contributed by atoms with Crippen LogP contribution in [0, 0.1) is 0 Å². The zero-order valence-electron chi connectivity index (χ0n) is 16.1. The summed E-state index contributed by atoms with van der Waals surface area (Å²) in [6, 6.07) is 6.94. The summed E-state index contributed by atoms with van der Waals surface area (Å²) in [5, 5.41) is 0. The van der Waals surface area contributed by atoms with Crippen molar-refractivity contribution in [3.63, 3.8) is 0 Å². The molecule has 5 rings (SSSR count). The summed E-state index contributed by atoms with van der Waals surface area (Å²) < 4.78 is 32.6. The van der Waals surface area contributed by atoms with Crippen LogP contribution in [0.4, 0.5) is 14.7 Å². The molecule has 1 saturated heterocycles. The summed E-state index contributed by atoms with van der Waals surface area (Å²) in [6.07, 6.45) is 5.34. The lowest BCUT2D eigenvalue weighted by Crippen LogP contribution is -2.47. The van der Waals surface area contributed by atoms with Crippen molar-refractivity contribution < 1.29 is 8.78 Å². The fraction of sp³-hybridized carbons (Fsp3) is 0.524. The molecule has 0 saturated carbocycles. The average molecular weight is 403 g/mol. The number of hydrogen-bond donors (Lipinski definition) is 1. The van der Waals surface area contributed by atoms with Gasteiger partial charge in [-0.2, -0.15) is 8.78 Å². The quantitative estimate of drug-likeness (QED) is 0.755. The van der Waals surface area contributed by atoms with Crippen LogP contribution in [0.2, 0.25) is 0 Å². The third kappa shape index (κ3) is 2.82. The molecule has 148 valence electrons. The highest BCUT2D eigenvalue weighted by Crippen LogP contribution is 2.45. The van der Waals surface area contributed by atoms with Gasteiger partial charge < -0.3 is 4.90 Å². The van der Waals surface area contributed by atoms with Crippen molar-refractivity contribution in [3.05, 3.63) is 40.6 Å². The van der Waals surface area contributed by atoms with Gasteiger partial charge in [0, 0.05) is 36.2 Å². The Morgan fingerprint density at radius 2 is 2.07 bits per heavy atom. The Labute approximate surface area is 168 Å². The smallest absolute Gasteiger partial charge is 0.290 e. The minimum Gasteiger partial charge on any atom is -0.338 e. The van der Waals surface area contributed by atoms with Gasteiger partial charge in [0.2, 0.25) is 5.95 Å². The molecule has 0 amide bonds. The van der Waals surface area contributed by atoms with Gasteiger partial charge in [0.05, 0.1) is 5.69 Å². The van der Waals surface area contributed by atoms with Gasteiger partial charge in [-0.3, -0.25) is 4.72 Å². The first kappa shape index (κ1) is 18.3. The van der Waals surface area contributed by atoms with Crippen LogP contribution in [0.25, 0.3) is 11.3 Å². The van der Waals surface area contributed by atoms with E-state index in [0.29, 0.717) is 35.7 Å². The molecule has 0 bridgehead atoms. The summed E-state index contributed by atoms with van der Waals surface area (Å²) in [7, 11) is 0. The zero-order chi connectivity index (χ0) is 19.5. The van der Waals surface area contributed by atoms with Crippen molar-refractivity contribution in [2.24, 2.45) is 0 Å². The number of fused-ring (bicyclic) bond motifs is 2. The van der Waals surface area contributed by atoms with Gasteiger partial charge in [-0.05, 0) is 56.1 Å². The molecule has 1 aromatic heterocycles. The largest absolute Gasteiger partial charge is 0.338 e. The first-order valence-corrected chi connectivity index (χ1v) is 11.2. The molecule has 4 nitrogen and oxygen atoms in total. The number of rotatable bonds is 4. The number of halogens is 2. The second kappa shape index (κ2) is 6.66. The Kier molecular flexibility index (Phi) is 4.36. The van der Waals surface area contributed by atoms with Crippen LogP contribution < -0.4 is 9.62 Å². The molecular formula is C21H24F2N4S. The molecule has 1 N–H and O–H groups in total. The van der Waals surface area contributed by atoms with Gasteiger partial charge in [-0.1, -0.05) is 24.1 Å². The monoisotopic (exact) mass is 402 g/mol. The molecular weight excluding hydrogens is 378 g/mol. The number of nitrogens with zero attached hydrogens (tertiary/aromatic N) is 3. The number of alkyl halides is 2. The lowest BCUT2D eigenvalue weighted by molar-refractivity contribution is -0.00595. The third-order valence-electron chi connectivity index (χ3n) is 6.36. The predicted molar refractivity (Wildman–Crippen MR) is 109 cm³/mol. The predicted octanol–water partition coefficient (Wildman–Crippen LogP) is 4.64. The van der Waals surface area contributed by atoms with Crippen LogP contribution in [0.3, 0.4) is 0 Å². The number of hydrogen-bond acceptors (Lipinski definition) is 5. The van der Waals surface area contributed by atoms with Gasteiger partial charge in [0.15, 0.2) is 0 Å². The van der Waals surface area contributed by atoms with Crippen molar-refractivity contribution in [1.82, 2.24) is 14.7 Å². The Balaban J connectivity index is 1.63. The minimum absolute atomic E-state index is 0.0640. The van der Waals surface area contributed by atoms with Crippen LogP contribution in [-0.4, -0.2) is 28.8 Å². The molecule has 1 aliphatic heterocycles. The zero-order valence-corrected chi connectivity index (χ0v) is 17.0. The number of benzene rings is 1. The highest BCUT2D eigenvalue weighted by molar-refractivity contribution is 7.96. The molecule has 2 atom stereocenters. The summed E-state index contributed by atoms with van der Waals surface area (Å²) in [5.74, 6) is -2.41. The van der Waals surface area contributed by atoms with E-state index in [1.54, 1.807) is 11.9 Å². The maximum absolute atomic E-state index is 14.6. The summed E-state index contributed by atoms with van der Waals surface area (Å²) in [6.45, 7) is 2.92. The Bertz CT molecular complexity index is 931. The maximum atomic E-state index is 14.6. The van der Waals surface area contributed by atoms with Crippen LogP contribution in [-0.2, 0) is 18.8 Å². The topological polar surface area (TPSA) is 41.1 Å². The molecule has 2 aliphatic carbocycles. The van der Waals surface area contributed by atoms with Gasteiger partial charge in [0.25, 0.3) is 5.92 Å². The van der Waals surface area contributed by atoms with E-state index in [2.05, 4.69) is 28.8 Å². The summed E-state index contributed by atoms with van der Waals surface area (Å²) in [5.41, 5.74) is 4.78. The Morgan fingerprint density at radius 1 is 1.21 bits per heavy atom. The first-order valence-electron chi connectivity index (χ1n) is 9.95. The second-order valence-electron chi connectivity index (χ2n) is 8.06. The van der Waals surface area contributed by atoms with Crippen molar-refractivity contribution in [3.8, 4) is 11.3 Å². The Morgan fingerprint density at radius 3 is 2.79 bits per heavy atom. The molecule has 1 aromatic carbocycles. The highest BCUT2D eigenvalue weighted by atomic mass is 32.2. The molecule has 3 aliphatic rings. The van der Waals surface area contributed by atoms with E-state index in [0.717, 1.165) is 31.4 Å². The summed E-state index contributed by atoms with van der Waals surface area (Å²) in [4.78, 5) is 11.2. The molecule has 1 unspecified atom stereocenters. The van der Waals surface area contributed by atoms with E-state index in [-0.39, 0.29) is 12.1 Å². The van der Waals surface area contributed by atoms with Crippen LogP contribution in [0.15, 0.2) is 18.2 Å². The van der Waals surface area contributed by atoms with E-state index in [9.17, 15) is 8.78 Å². The van der Waals surface area contributed by atoms with E-state index in [1.165, 1.54) is 11.1 Å². The van der Waals surface area contributed by atoms with Gasteiger partial charge >= 0.3 is 0 Å². The normalized spacial score (nSPS) is 24.8. The van der Waals surface area contributed by atoms with E-state index < -0.39 is 5.92 Å². The average Bonchev–Trinajstić information content (AvgIpc) is 3.21. The standard InChI is InChI=1S/C21H24F2N4S/c1-12-8-10-27(12)20-24-18(15-7-9-21(22,23)19(15)25-20)14-4-3-13-5-6-17(26-28-2)16(13)11-14/h3-4,11-12,17,26H,5-10H2,1-2H3/t12-,17?/m0/s1. The van der Waals surface area contributed by atoms with Crippen molar-refractivity contribution in [1.29, 1.82) is 0 Å². The fourth-order valence-electron chi connectivity index (χ4n) is 4.61. The van der Waals surface area contributed by atoms with Crippen molar-refractivity contribution in [2.45, 2.75) is 57.0 Å². The number of aryl methyl sites for hydroxylation is 1. The van der Waals surface area contributed by atoms with Gasteiger partial charge in [-0.25, -0.2) is 9.97 Å². The van der Waals surface area contributed by atoms with E-state index in [1.807, 2.05) is 17.2 Å². The number of anilines is 1. The first-order chi connectivity index (χ1) is 13.5. The number of aromatic nitrogens is 2. The van der Waals surface area contributed by atoms with Gasteiger partial charge in [-0.15, -0.1) is 0 Å². The Hall–Kier alpha value is -1.73. The molecule has 2 aromatic rings. The van der Waals surface area contributed by atoms with Crippen molar-refractivity contribution in [2.75, 3.05) is 17.7 Å². The lowest BCUT2D eigenvalue weighted by atomic mass is 9.99. The minimum atomic E-state index is -2.87. The molecule has 7 heteroatoms. The van der Waals surface area contributed by atoms with E-state index in [4.69, 9.17) is 4.98 Å². The van der Waals surface area contributed by atoms with E-state index >= 15 is 0 Å². The molecule has 28 heavy (non-hydrogen) atoms. The molecule has 0 spiro atoms. The highest BCUT2D eigenvalue weighted by Gasteiger charge is 2.44. The molecule has 1 fully saturated rings. The SMILES string of the molecule is CSNC1CCc2ccc(-c3nc(N4CC[C@@H]4C)nc4c3CCC4(F)F)cc21. The third-order valence-corrected chi connectivity index (χ3v) is 6.88. The summed E-state index contributed by atoms with van der Waals surface area (Å²) >= 11 is 1.62. The maximum Gasteiger partial charge on any atom is 0.290 e. The van der Waals surface area contributed by atoms with Crippen LogP contribution in [0.1, 0.15) is 54.6 Å². The molecule has 2 heterocycles. The lowest BCUT2D eigenvalue weighted by Gasteiger charge is -2.39. The fourth-order valence-corrected chi connectivity index (χ4v) is 5.14. The van der Waals surface area contributed by atoms with Gasteiger partial charge in [0.1, 0.15) is 5.69 Å². The number of nitrogens with one attached hydrogen (secondary N) is 1. The van der Waals surface area contributed by atoms with Crippen LogP contribution >= 0.6 is 11.9 Å². The molecule has 0 radical (unpaired) electrons. The second-order valence-corrected chi connectivity index (χ2v) is 8.71.